The molecule has 0 aromatic heterocycles. The van der Waals surface area contributed by atoms with E-state index in [1.54, 1.807) is 0 Å². The highest BCUT2D eigenvalue weighted by Crippen LogP contribution is 2.13. The van der Waals surface area contributed by atoms with Gasteiger partial charge in [-0.15, -0.1) is 0 Å². The maximum atomic E-state index is 5.31. The summed E-state index contributed by atoms with van der Waals surface area (Å²) in [6.45, 7) is 2.76. The summed E-state index contributed by atoms with van der Waals surface area (Å²) in [7, 11) is 0. The first-order valence-electron chi connectivity index (χ1n) is 3.82. The van der Waals surface area contributed by atoms with Crippen molar-refractivity contribution >= 4 is 28.0 Å². The number of halogens is 1. The van der Waals surface area contributed by atoms with E-state index in [0.29, 0.717) is 6.61 Å². The second kappa shape index (κ2) is 5.62. The van der Waals surface area contributed by atoms with Crippen LogP contribution >= 0.6 is 28.0 Å². The molecule has 0 heterocycles. The van der Waals surface area contributed by atoms with Crippen LogP contribution in [-0.2, 0) is 10.8 Å². The molecule has 0 bridgehead atoms. The molecular formula is C9H11BrOS. The zero-order chi connectivity index (χ0) is 8.81. The van der Waals surface area contributed by atoms with E-state index in [0.717, 1.165) is 10.2 Å². The van der Waals surface area contributed by atoms with Crippen LogP contribution in [-0.4, -0.2) is 5.75 Å². The Bertz CT molecular complexity index is 222. The molecule has 66 valence electrons. The van der Waals surface area contributed by atoms with Crippen LogP contribution in [0.3, 0.4) is 0 Å². The molecule has 0 saturated heterocycles. The van der Waals surface area contributed by atoms with E-state index in [4.69, 9.17) is 4.18 Å². The quantitative estimate of drug-likeness (QED) is 0.593. The van der Waals surface area contributed by atoms with Crippen molar-refractivity contribution in [3.05, 3.63) is 34.3 Å². The molecule has 0 aliphatic rings. The standard InChI is InChI=1S/C9H11BrOS/c1-2-12-11-7-8-3-5-9(10)6-4-8/h3-6H,2,7H2,1H3. The molecule has 0 saturated carbocycles. The van der Waals surface area contributed by atoms with Crippen molar-refractivity contribution in [2.45, 2.75) is 13.5 Å². The second-order valence-electron chi connectivity index (χ2n) is 2.30. The predicted molar refractivity (Wildman–Crippen MR) is 57.1 cm³/mol. The Hall–Kier alpha value is 0.01000. The molecule has 0 N–H and O–H groups in total. The van der Waals surface area contributed by atoms with Crippen molar-refractivity contribution in [3.8, 4) is 0 Å². The van der Waals surface area contributed by atoms with E-state index in [1.165, 1.54) is 17.6 Å². The number of hydrogen-bond donors (Lipinski definition) is 0. The normalized spacial score (nSPS) is 10.2. The van der Waals surface area contributed by atoms with Gasteiger partial charge in [-0.1, -0.05) is 35.0 Å². The summed E-state index contributed by atoms with van der Waals surface area (Å²) < 4.78 is 6.42. The third kappa shape index (κ3) is 3.61. The molecule has 0 fully saturated rings. The van der Waals surface area contributed by atoms with E-state index < -0.39 is 0 Å². The summed E-state index contributed by atoms with van der Waals surface area (Å²) in [6, 6.07) is 8.16. The maximum Gasteiger partial charge on any atom is 0.0864 e. The first-order valence-corrected chi connectivity index (χ1v) is 5.52. The molecule has 1 nitrogen and oxygen atoms in total. The highest BCUT2D eigenvalue weighted by molar-refractivity contribution is 9.10. The molecule has 0 aliphatic heterocycles. The lowest BCUT2D eigenvalue weighted by Crippen LogP contribution is -1.85. The van der Waals surface area contributed by atoms with Gasteiger partial charge in [-0.25, -0.2) is 0 Å². The smallest absolute Gasteiger partial charge is 0.0864 e. The van der Waals surface area contributed by atoms with Crippen molar-refractivity contribution in [1.82, 2.24) is 0 Å². The van der Waals surface area contributed by atoms with E-state index in [2.05, 4.69) is 35.0 Å². The van der Waals surface area contributed by atoms with Gasteiger partial charge < -0.3 is 4.18 Å². The fourth-order valence-corrected chi connectivity index (χ4v) is 1.42. The van der Waals surface area contributed by atoms with Gasteiger partial charge in [-0.05, 0) is 29.7 Å². The molecule has 0 amide bonds. The number of benzene rings is 1. The molecule has 3 heteroatoms. The minimum absolute atomic E-state index is 0.686. The monoisotopic (exact) mass is 246 g/mol. The van der Waals surface area contributed by atoms with Crippen LogP contribution in [0, 0.1) is 0 Å². The maximum absolute atomic E-state index is 5.31. The van der Waals surface area contributed by atoms with Gasteiger partial charge >= 0.3 is 0 Å². The zero-order valence-corrected chi connectivity index (χ0v) is 9.32. The molecule has 1 aromatic carbocycles. The number of rotatable bonds is 4. The summed E-state index contributed by atoms with van der Waals surface area (Å²) in [5, 5.41) is 0. The zero-order valence-electron chi connectivity index (χ0n) is 6.92. The first kappa shape index (κ1) is 10.1. The molecule has 1 aromatic rings. The van der Waals surface area contributed by atoms with Crippen molar-refractivity contribution in [1.29, 1.82) is 0 Å². The minimum Gasteiger partial charge on any atom is -0.311 e. The van der Waals surface area contributed by atoms with Gasteiger partial charge in [-0.3, -0.25) is 0 Å². The lowest BCUT2D eigenvalue weighted by Gasteiger charge is -2.00. The van der Waals surface area contributed by atoms with Crippen LogP contribution in [0.25, 0.3) is 0 Å². The Morgan fingerprint density at radius 2 is 2.00 bits per heavy atom. The predicted octanol–water partition coefficient (Wildman–Crippen LogP) is 3.63. The Morgan fingerprint density at radius 3 is 2.58 bits per heavy atom. The fraction of sp³-hybridized carbons (Fsp3) is 0.333. The van der Waals surface area contributed by atoms with Gasteiger partial charge in [0.25, 0.3) is 0 Å². The third-order valence-electron chi connectivity index (χ3n) is 1.34. The van der Waals surface area contributed by atoms with E-state index in [9.17, 15) is 0 Å². The average molecular weight is 247 g/mol. The molecule has 0 aliphatic carbocycles. The van der Waals surface area contributed by atoms with Crippen molar-refractivity contribution in [2.75, 3.05) is 5.75 Å². The van der Waals surface area contributed by atoms with Gasteiger partial charge in [0.1, 0.15) is 0 Å². The van der Waals surface area contributed by atoms with Crippen molar-refractivity contribution in [2.24, 2.45) is 0 Å². The lowest BCUT2D eigenvalue weighted by molar-refractivity contribution is 0.364. The van der Waals surface area contributed by atoms with Gasteiger partial charge in [0.15, 0.2) is 0 Å². The SMILES string of the molecule is CCSOCc1ccc(Br)cc1. The van der Waals surface area contributed by atoms with Crippen molar-refractivity contribution < 1.29 is 4.18 Å². The average Bonchev–Trinajstić information content (AvgIpc) is 2.09. The molecule has 0 atom stereocenters. The van der Waals surface area contributed by atoms with Gasteiger partial charge in [0.05, 0.1) is 6.61 Å². The van der Waals surface area contributed by atoms with Crippen LogP contribution < -0.4 is 0 Å². The summed E-state index contributed by atoms with van der Waals surface area (Å²) in [6.07, 6.45) is 0. The van der Waals surface area contributed by atoms with Gasteiger partial charge in [0.2, 0.25) is 0 Å². The number of hydrogen-bond acceptors (Lipinski definition) is 2. The lowest BCUT2D eigenvalue weighted by atomic mass is 10.2. The molecular weight excluding hydrogens is 236 g/mol. The van der Waals surface area contributed by atoms with E-state index >= 15 is 0 Å². The van der Waals surface area contributed by atoms with Crippen LogP contribution in [0.5, 0.6) is 0 Å². The topological polar surface area (TPSA) is 9.23 Å². The second-order valence-corrected chi connectivity index (χ2v) is 4.26. The van der Waals surface area contributed by atoms with Gasteiger partial charge in [-0.2, -0.15) is 0 Å². The first-order chi connectivity index (χ1) is 5.83. The van der Waals surface area contributed by atoms with Crippen LogP contribution in [0.1, 0.15) is 12.5 Å². The summed E-state index contributed by atoms with van der Waals surface area (Å²) in [5.74, 6) is 0.997. The Balaban J connectivity index is 2.37. The van der Waals surface area contributed by atoms with E-state index in [1.807, 2.05) is 12.1 Å². The van der Waals surface area contributed by atoms with Gasteiger partial charge in [0, 0.05) is 10.2 Å². The summed E-state index contributed by atoms with van der Waals surface area (Å²) >= 11 is 4.88. The van der Waals surface area contributed by atoms with E-state index in [-0.39, 0.29) is 0 Å². The molecule has 0 radical (unpaired) electrons. The minimum atomic E-state index is 0.686. The third-order valence-corrected chi connectivity index (χ3v) is 2.39. The Morgan fingerprint density at radius 1 is 1.33 bits per heavy atom. The molecule has 0 spiro atoms. The highest BCUT2D eigenvalue weighted by Gasteiger charge is 1.92. The fourth-order valence-electron chi connectivity index (χ4n) is 0.774. The molecule has 1 rings (SSSR count). The van der Waals surface area contributed by atoms with Crippen LogP contribution in [0.2, 0.25) is 0 Å². The van der Waals surface area contributed by atoms with Crippen molar-refractivity contribution in [3.63, 3.8) is 0 Å². The summed E-state index contributed by atoms with van der Waals surface area (Å²) in [4.78, 5) is 0. The largest absolute Gasteiger partial charge is 0.311 e. The van der Waals surface area contributed by atoms with Crippen LogP contribution in [0.4, 0.5) is 0 Å². The van der Waals surface area contributed by atoms with Crippen LogP contribution in [0.15, 0.2) is 28.7 Å². The molecule has 12 heavy (non-hydrogen) atoms. The molecule has 0 unspecified atom stereocenters. The Kier molecular flexibility index (Phi) is 4.73. The summed E-state index contributed by atoms with van der Waals surface area (Å²) in [5.41, 5.74) is 1.21. The Labute approximate surface area is 85.8 Å². The highest BCUT2D eigenvalue weighted by atomic mass is 79.9.